The summed E-state index contributed by atoms with van der Waals surface area (Å²) >= 11 is 4.76. The van der Waals surface area contributed by atoms with Gasteiger partial charge in [-0.2, -0.15) is 0 Å². The molecule has 0 fully saturated rings. The lowest BCUT2D eigenvalue weighted by Gasteiger charge is -2.18. The van der Waals surface area contributed by atoms with Crippen molar-refractivity contribution in [2.75, 3.05) is 19.9 Å². The second-order valence-corrected chi connectivity index (χ2v) is 8.06. The predicted octanol–water partition coefficient (Wildman–Crippen LogP) is 4.34. The summed E-state index contributed by atoms with van der Waals surface area (Å²) in [6.45, 7) is 1.73. The van der Waals surface area contributed by atoms with Crippen LogP contribution in [0.1, 0.15) is 21.6 Å². The molecule has 3 aromatic rings. The minimum Gasteiger partial charge on any atom is -0.461 e. The molecule has 0 aliphatic heterocycles. The minimum atomic E-state index is -0.634. The normalized spacial score (nSPS) is 10.7. The van der Waals surface area contributed by atoms with E-state index < -0.39 is 5.97 Å². The molecule has 1 amide bonds. The van der Waals surface area contributed by atoms with Gasteiger partial charge in [0.2, 0.25) is 0 Å². The molecule has 0 aliphatic carbocycles. The van der Waals surface area contributed by atoms with Crippen LogP contribution in [0.4, 0.5) is 0 Å². The number of amides is 1. The Labute approximate surface area is 187 Å². The highest BCUT2D eigenvalue weighted by Crippen LogP contribution is 2.25. The summed E-state index contributed by atoms with van der Waals surface area (Å²) in [7, 11) is 1.66. The number of thioether (sulfide) groups is 1. The third-order valence-corrected chi connectivity index (χ3v) is 5.77. The summed E-state index contributed by atoms with van der Waals surface area (Å²) in [5.74, 6) is -0.0408. The van der Waals surface area contributed by atoms with Crippen molar-refractivity contribution >= 4 is 39.6 Å². The summed E-state index contributed by atoms with van der Waals surface area (Å²) in [5, 5.41) is 0.466. The molecule has 30 heavy (non-hydrogen) atoms. The first-order valence-corrected chi connectivity index (χ1v) is 11.0. The van der Waals surface area contributed by atoms with Crippen LogP contribution in [-0.2, 0) is 16.1 Å². The van der Waals surface area contributed by atoms with E-state index in [2.05, 4.69) is 25.9 Å². The van der Waals surface area contributed by atoms with Gasteiger partial charge in [-0.05, 0) is 36.9 Å². The Kier molecular flexibility index (Phi) is 7.28. The lowest BCUT2D eigenvalue weighted by Crippen LogP contribution is -2.31. The fourth-order valence-corrected chi connectivity index (χ4v) is 3.75. The Morgan fingerprint density at radius 3 is 2.63 bits per heavy atom. The summed E-state index contributed by atoms with van der Waals surface area (Å²) in [4.78, 5) is 35.4. The molecule has 0 unspecified atom stereocenters. The summed E-state index contributed by atoms with van der Waals surface area (Å²) in [6.07, 6.45) is 3.34. The van der Waals surface area contributed by atoms with Crippen molar-refractivity contribution in [1.29, 1.82) is 0 Å². The molecule has 0 saturated heterocycles. The molecule has 0 saturated carbocycles. The molecular weight excluding hydrogens is 470 g/mol. The van der Waals surface area contributed by atoms with Crippen molar-refractivity contribution < 1.29 is 18.7 Å². The Hall–Kier alpha value is -2.65. The number of furan rings is 1. The molecular formula is C21H20BrN3O4S. The number of halogens is 1. The van der Waals surface area contributed by atoms with Crippen molar-refractivity contribution in [3.05, 3.63) is 64.0 Å². The van der Waals surface area contributed by atoms with Crippen LogP contribution < -0.4 is 0 Å². The maximum absolute atomic E-state index is 12.7. The van der Waals surface area contributed by atoms with Gasteiger partial charge in [-0.15, -0.1) is 11.8 Å². The van der Waals surface area contributed by atoms with Gasteiger partial charge in [0.05, 0.1) is 12.0 Å². The number of aromatic nitrogens is 2. The number of likely N-dealkylation sites (N-methyl/N-ethyl adjacent to an activating group) is 1. The number of benzene rings is 1. The zero-order valence-electron chi connectivity index (χ0n) is 16.7. The molecule has 156 valence electrons. The van der Waals surface area contributed by atoms with Gasteiger partial charge in [0.25, 0.3) is 5.91 Å². The van der Waals surface area contributed by atoms with Gasteiger partial charge >= 0.3 is 5.97 Å². The summed E-state index contributed by atoms with van der Waals surface area (Å²) < 4.78 is 11.5. The number of carbonyl (C=O) groups excluding carboxylic acids is 2. The lowest BCUT2D eigenvalue weighted by atomic mass is 10.2. The molecule has 1 aromatic carbocycles. The Bertz CT molecular complexity index is 1060. The number of nitrogens with zero attached hydrogens (tertiary/aromatic N) is 3. The van der Waals surface area contributed by atoms with E-state index in [1.807, 2.05) is 24.3 Å². The van der Waals surface area contributed by atoms with Crippen molar-refractivity contribution in [3.63, 3.8) is 0 Å². The zero-order chi connectivity index (χ0) is 21.7. The van der Waals surface area contributed by atoms with E-state index in [1.165, 1.54) is 22.9 Å². The standard InChI is InChI=1S/C21H20BrN3O4S/c1-13-18(20(30-3)24-19(23-13)16-9-6-10-28-16)21(27)29-12-17(26)25(2)11-14-7-4-5-8-15(14)22/h4-10H,11-12H2,1-3H3. The average Bonchev–Trinajstić information content (AvgIpc) is 3.27. The second kappa shape index (κ2) is 9.90. The molecule has 0 atom stereocenters. The Morgan fingerprint density at radius 1 is 1.20 bits per heavy atom. The van der Waals surface area contributed by atoms with Crippen molar-refractivity contribution in [2.24, 2.45) is 0 Å². The van der Waals surface area contributed by atoms with Crippen molar-refractivity contribution in [1.82, 2.24) is 14.9 Å². The quantitative estimate of drug-likeness (QED) is 0.277. The highest BCUT2D eigenvalue weighted by atomic mass is 79.9. The largest absolute Gasteiger partial charge is 0.461 e. The lowest BCUT2D eigenvalue weighted by molar-refractivity contribution is -0.133. The van der Waals surface area contributed by atoms with Gasteiger partial charge in [0, 0.05) is 18.1 Å². The van der Waals surface area contributed by atoms with Crippen LogP contribution in [0.25, 0.3) is 11.6 Å². The smallest absolute Gasteiger partial charge is 0.343 e. The number of rotatable bonds is 7. The molecule has 9 heteroatoms. The number of hydrogen-bond acceptors (Lipinski definition) is 7. The molecule has 0 aliphatic rings. The first kappa shape index (κ1) is 22.0. The second-order valence-electron chi connectivity index (χ2n) is 6.41. The van der Waals surface area contributed by atoms with Gasteiger partial charge in [-0.1, -0.05) is 34.1 Å². The van der Waals surface area contributed by atoms with E-state index in [0.717, 1.165) is 10.0 Å². The topological polar surface area (TPSA) is 85.5 Å². The number of carbonyl (C=O) groups is 2. The highest BCUT2D eigenvalue weighted by molar-refractivity contribution is 9.10. The van der Waals surface area contributed by atoms with Gasteiger partial charge in [-0.3, -0.25) is 4.79 Å². The molecule has 7 nitrogen and oxygen atoms in total. The van der Waals surface area contributed by atoms with E-state index in [1.54, 1.807) is 32.4 Å². The molecule has 0 radical (unpaired) electrons. The Morgan fingerprint density at radius 2 is 1.97 bits per heavy atom. The number of aryl methyl sites for hydroxylation is 1. The van der Waals surface area contributed by atoms with E-state index in [4.69, 9.17) is 9.15 Å². The maximum atomic E-state index is 12.7. The highest BCUT2D eigenvalue weighted by Gasteiger charge is 2.22. The van der Waals surface area contributed by atoms with Crippen LogP contribution in [0.5, 0.6) is 0 Å². The van der Waals surface area contributed by atoms with E-state index in [-0.39, 0.29) is 18.1 Å². The van der Waals surface area contributed by atoms with Crippen LogP contribution >= 0.6 is 27.7 Å². The molecule has 2 aromatic heterocycles. The number of esters is 1. The molecule has 2 heterocycles. The van der Waals surface area contributed by atoms with Crippen LogP contribution in [0.2, 0.25) is 0 Å². The fraction of sp³-hybridized carbons (Fsp3) is 0.238. The molecule has 3 rings (SSSR count). The predicted molar refractivity (Wildman–Crippen MR) is 117 cm³/mol. The van der Waals surface area contributed by atoms with Crippen LogP contribution in [0.3, 0.4) is 0 Å². The summed E-state index contributed by atoms with van der Waals surface area (Å²) in [5.41, 5.74) is 1.67. The SMILES string of the molecule is CSc1nc(-c2ccco2)nc(C)c1C(=O)OCC(=O)N(C)Cc1ccccc1Br. The first-order chi connectivity index (χ1) is 14.4. The third-order valence-electron chi connectivity index (χ3n) is 4.31. The first-order valence-electron chi connectivity index (χ1n) is 9.01. The number of ether oxygens (including phenoxy) is 1. The van der Waals surface area contributed by atoms with Gasteiger partial charge in [-0.25, -0.2) is 14.8 Å². The van der Waals surface area contributed by atoms with E-state index in [0.29, 0.717) is 28.8 Å². The van der Waals surface area contributed by atoms with E-state index >= 15 is 0 Å². The van der Waals surface area contributed by atoms with Gasteiger partial charge in [0.15, 0.2) is 18.2 Å². The maximum Gasteiger partial charge on any atom is 0.343 e. The van der Waals surface area contributed by atoms with Crippen LogP contribution in [0, 0.1) is 6.92 Å². The minimum absolute atomic E-state index is 0.249. The molecule has 0 N–H and O–H groups in total. The zero-order valence-corrected chi connectivity index (χ0v) is 19.1. The molecule has 0 spiro atoms. The third kappa shape index (κ3) is 5.09. The average molecular weight is 490 g/mol. The van der Waals surface area contributed by atoms with Crippen molar-refractivity contribution in [2.45, 2.75) is 18.5 Å². The van der Waals surface area contributed by atoms with Crippen LogP contribution in [0.15, 0.2) is 56.6 Å². The molecule has 0 bridgehead atoms. The van der Waals surface area contributed by atoms with E-state index in [9.17, 15) is 9.59 Å². The monoisotopic (exact) mass is 489 g/mol. The number of hydrogen-bond donors (Lipinski definition) is 0. The van der Waals surface area contributed by atoms with Crippen LogP contribution in [-0.4, -0.2) is 46.7 Å². The summed E-state index contributed by atoms with van der Waals surface area (Å²) in [6, 6.07) is 11.1. The fourth-order valence-electron chi connectivity index (χ4n) is 2.73. The van der Waals surface area contributed by atoms with Gasteiger partial charge < -0.3 is 14.1 Å². The van der Waals surface area contributed by atoms with Crippen molar-refractivity contribution in [3.8, 4) is 11.6 Å². The Balaban J connectivity index is 1.68. The van der Waals surface area contributed by atoms with Gasteiger partial charge in [0.1, 0.15) is 10.6 Å².